The number of hydrogen-bond donors (Lipinski definition) is 0. The molecule has 4 aliphatic rings. The van der Waals surface area contributed by atoms with Crippen molar-refractivity contribution < 1.29 is 645 Å². The molecule has 4 rings (SSSR count). The molecule has 0 aromatic rings. The van der Waals surface area contributed by atoms with E-state index in [-0.39, 0.29) is 397 Å². The second kappa shape index (κ2) is 66.2. The van der Waals surface area contributed by atoms with Gasteiger partial charge >= 0.3 is 384 Å². The minimum Gasteiger partial charge on any atom is -0.726 e. The molecule has 122 heavy (non-hydrogen) atoms. The molecular weight excluding hydrogens is 2110 g/mol. The zero-order chi connectivity index (χ0) is 83.5. The average Bonchev–Trinajstić information content (AvgIpc) is 0.750. The van der Waals surface area contributed by atoms with E-state index < -0.39 is 291 Å². The number of hydrogen-bond acceptors (Lipinski definition) is 60. The van der Waals surface area contributed by atoms with E-state index in [2.05, 4.69) is 54.4 Å². The minimum absolute atomic E-state index is 0. The van der Waals surface area contributed by atoms with Crippen molar-refractivity contribution in [1.82, 2.24) is 0 Å². The molecule has 0 saturated carbocycles. The largest absolute Gasteiger partial charge is 1.00 e. The van der Waals surface area contributed by atoms with Gasteiger partial charge < -0.3 is 97.1 Å². The van der Waals surface area contributed by atoms with Crippen molar-refractivity contribution >= 4 is 135 Å². The van der Waals surface area contributed by atoms with Gasteiger partial charge in [-0.1, -0.05) is 64.7 Å². The molecule has 0 spiro atoms. The molecule has 4 fully saturated rings. The van der Waals surface area contributed by atoms with Crippen LogP contribution in [0.1, 0.15) is 71.1 Å². The summed E-state index contributed by atoms with van der Waals surface area (Å²) in [5.74, 6) is 0. The van der Waals surface area contributed by atoms with Crippen molar-refractivity contribution in [2.24, 2.45) is 0 Å². The Balaban J connectivity index is -0.00000121. The second-order valence-corrected chi connectivity index (χ2v) is 34.8. The van der Waals surface area contributed by atoms with Crippen LogP contribution in [0.5, 0.6) is 0 Å². The predicted molar refractivity (Wildman–Crippen MR) is 301 cm³/mol. The van der Waals surface area contributed by atoms with Crippen LogP contribution in [0.15, 0.2) is 0 Å². The van der Waals surface area contributed by atoms with Crippen LogP contribution >= 0.6 is 0 Å². The van der Waals surface area contributed by atoms with Crippen LogP contribution < -0.4 is 384 Å². The van der Waals surface area contributed by atoms with Crippen molar-refractivity contribution in [3.63, 3.8) is 0 Å². The Morgan fingerprint density at radius 2 is 0.369 bits per heavy atom. The number of ether oxygens (including phenoxy) is 8. The smallest absolute Gasteiger partial charge is 0.726 e. The van der Waals surface area contributed by atoms with Gasteiger partial charge in [0.15, 0.2) is 49.6 Å². The maximum absolute atomic E-state index is 13.0. The van der Waals surface area contributed by atoms with E-state index in [0.717, 1.165) is 32.1 Å². The third-order valence-electron chi connectivity index (χ3n) is 13.6. The van der Waals surface area contributed by atoms with Crippen LogP contribution in [0.25, 0.3) is 0 Å². The maximum Gasteiger partial charge on any atom is 1.00 e. The van der Waals surface area contributed by atoms with Gasteiger partial charge in [-0.25, -0.2) is 109 Å². The summed E-state index contributed by atoms with van der Waals surface area (Å²) in [4.78, 5) is 0. The third-order valence-corrected chi connectivity index (χ3v) is 19.4. The Morgan fingerprint density at radius 3 is 0.574 bits per heavy atom. The van der Waals surface area contributed by atoms with Crippen molar-refractivity contribution in [2.75, 3.05) is 33.0 Å². The molecular formula is C36H53Na13O60S13. The molecule has 0 aromatic carbocycles. The second-order valence-electron chi connectivity index (χ2n) is 21.5. The van der Waals surface area contributed by atoms with E-state index in [0.29, 0.717) is 19.3 Å². The quantitative estimate of drug-likeness (QED) is 0.0236. The zero-order valence-corrected chi connectivity index (χ0v) is 103. The molecule has 0 amide bonds. The van der Waals surface area contributed by atoms with Gasteiger partial charge in [-0.15, -0.1) is 0 Å². The Hall–Kier alpha value is 11.0. The summed E-state index contributed by atoms with van der Waals surface area (Å²) in [6, 6.07) is 0. The van der Waals surface area contributed by atoms with Crippen molar-refractivity contribution in [3.05, 3.63) is 0 Å². The number of unbranched alkanes of at least 4 members (excludes halogenated alkanes) is 9. The standard InChI is InChI=1S/C36H66O60S13.13Na/c1-2-3-4-5-6-7-8-9-10-11-12-76-33-29(93-106(64,65)66)25(21(88-101(49,50)51)17(81-33)13-77-97(37,38)39)85-34-30(94-107(67,68)69)26(22(89-102(52,53)54)18(82-34)14-78-98(40,41)42)86-35-31(95-108(70,71)72)27(23(90-103(55,56)57)19(83-35)15-79-99(43,44)45)87-36-32(96-109(73,74)75)28(92-105(61,62)63)24(91-104(58,59)60)20(84-36)16-80-100(46,47)48;;;;;;;;;;;;;/h17-36H,2-16H2,1H3,(H,37,38,39)(H,40,41,42)(H,43,44,45)(H,46,47,48)(H,49,50,51)(H,52,53,54)(H,55,56,57)(H,58,59,60)(H,61,62,63)(H,64,65,66)(H,67,68,69)(H,70,71,72)(H,73,74,75);;;;;;;;;;;;;/q;13*+1/p-13/t17-,18-,19-,20-,21-,22-,23-,24-,25+,26+,27+,28+,29-,30-,31-,32-,33?,34+,35+,36+;;;;;;;;;;;;;/m1............./s1. The van der Waals surface area contributed by atoms with Crippen LogP contribution in [-0.2, 0) is 227 Å². The van der Waals surface area contributed by atoms with E-state index >= 15 is 0 Å². The molecule has 648 valence electrons. The van der Waals surface area contributed by atoms with Crippen molar-refractivity contribution in [2.45, 2.75) is 194 Å². The number of rotatable bonds is 48. The van der Waals surface area contributed by atoms with Gasteiger partial charge in [0.2, 0.25) is 135 Å². The van der Waals surface area contributed by atoms with Crippen LogP contribution in [0.2, 0.25) is 0 Å². The molecule has 0 bridgehead atoms. The van der Waals surface area contributed by atoms with E-state index in [9.17, 15) is 169 Å². The maximum atomic E-state index is 13.0. The Bertz CT molecular complexity index is 4630. The molecule has 86 heteroatoms. The summed E-state index contributed by atoms with van der Waals surface area (Å²) < 4.78 is 576. The van der Waals surface area contributed by atoms with Crippen LogP contribution in [0.3, 0.4) is 0 Å². The fourth-order valence-electron chi connectivity index (χ4n) is 10.0. The van der Waals surface area contributed by atoms with Gasteiger partial charge in [-0.05, 0) is 6.42 Å². The summed E-state index contributed by atoms with van der Waals surface area (Å²) in [5.41, 5.74) is 0. The first-order chi connectivity index (χ1) is 49.1. The molecule has 60 nitrogen and oxygen atoms in total. The molecule has 0 aliphatic carbocycles. The summed E-state index contributed by atoms with van der Waals surface area (Å²) in [6.45, 7) is -8.48. The monoisotopic (exact) mass is 2160 g/mol. The van der Waals surface area contributed by atoms with E-state index in [1.807, 2.05) is 6.92 Å². The molecule has 0 N–H and O–H groups in total. The van der Waals surface area contributed by atoms with E-state index in [1.54, 1.807) is 0 Å². The van der Waals surface area contributed by atoms with E-state index in [1.165, 1.54) is 0 Å². The summed E-state index contributed by atoms with van der Waals surface area (Å²) in [5, 5.41) is 0. The Morgan fingerprint density at radius 1 is 0.205 bits per heavy atom. The fourth-order valence-corrected chi connectivity index (χ4v) is 15.6. The normalized spacial score (nSPS) is 27.5. The predicted octanol–water partition coefficient (Wildman–Crippen LogP) is -50.5. The van der Waals surface area contributed by atoms with Crippen LogP contribution in [0.4, 0.5) is 0 Å². The topological polar surface area (TPSA) is 937 Å². The average molecular weight is 2160 g/mol. The molecule has 1 unspecified atom stereocenters. The molecule has 4 heterocycles. The van der Waals surface area contributed by atoms with Gasteiger partial charge in [0.05, 0.1) is 26.4 Å². The minimum atomic E-state index is -7.22. The summed E-state index contributed by atoms with van der Waals surface area (Å²) in [6.07, 6.45) is -70.0. The first kappa shape index (κ1) is 153. The van der Waals surface area contributed by atoms with Gasteiger partial charge in [-0.3, -0.25) is 54.4 Å². The van der Waals surface area contributed by atoms with Crippen molar-refractivity contribution in [1.29, 1.82) is 0 Å². The third kappa shape index (κ3) is 64.7. The molecule has 4 aliphatic heterocycles. The molecule has 0 aromatic heterocycles. The zero-order valence-electron chi connectivity index (χ0n) is 66.0. The Kier molecular flexibility index (Phi) is 83.1. The summed E-state index contributed by atoms with van der Waals surface area (Å²) >= 11 is 0. The summed E-state index contributed by atoms with van der Waals surface area (Å²) in [7, 11) is -88.0. The van der Waals surface area contributed by atoms with Crippen LogP contribution in [0, 0.1) is 0 Å². The van der Waals surface area contributed by atoms with Crippen molar-refractivity contribution in [3.8, 4) is 0 Å². The van der Waals surface area contributed by atoms with E-state index in [4.69, 9.17) is 37.9 Å². The van der Waals surface area contributed by atoms with Gasteiger partial charge in [0.25, 0.3) is 0 Å². The SMILES string of the molecule is CCCCCCCCCCCCOC1O[C@H](COS(=O)(=O)[O-])[C@@H](OS(=O)(=O)[O-])[C@H](O[C@@H]2O[C@H](COS(=O)(=O)[O-])[C@@H](OS(=O)(=O)[O-])[C@H](O[C@@H]3O[C@H](COS(=O)(=O)[O-])[C@@H](OS(=O)(=O)[O-])[C@H](O[C@@H]4O[C@H](COS(=O)(=O)[O-])[C@@H](OS(=O)(=O)[O-])[C@H](OS(=O)(=O)[O-])[C@H]4OS(=O)(=O)[O-])[C@H]3OS(=O)(=O)[O-])[C@H]2OS(=O)(=O)[O-])[C@H]1OS(=O)(=O)[O-].[Na+].[Na+].[Na+].[Na+].[Na+].[Na+].[Na+].[Na+].[Na+].[Na+].[Na+].[Na+].[Na+]. The van der Waals surface area contributed by atoms with Gasteiger partial charge in [-0.2, -0.15) is 0 Å². The first-order valence-corrected chi connectivity index (χ1v) is 45.8. The van der Waals surface area contributed by atoms with Crippen LogP contribution in [-0.4, -0.2) is 324 Å². The molecule has 20 atom stereocenters. The fraction of sp³-hybridized carbons (Fsp3) is 1.00. The van der Waals surface area contributed by atoms with Gasteiger partial charge in [0.1, 0.15) is 73.2 Å². The first-order valence-electron chi connectivity index (χ1n) is 28.4. The Labute approximate surface area is 988 Å². The molecule has 0 radical (unpaired) electrons. The van der Waals surface area contributed by atoms with Gasteiger partial charge in [0, 0.05) is 6.61 Å². The molecule has 4 saturated heterocycles.